The van der Waals surface area contributed by atoms with Crippen LogP contribution in [-0.2, 0) is 19.1 Å². The molecule has 0 aromatic heterocycles. The number of rotatable bonds is 5. The topological polar surface area (TPSA) is 103 Å². The van der Waals surface area contributed by atoms with Gasteiger partial charge in [0.05, 0.1) is 25.8 Å². The summed E-state index contributed by atoms with van der Waals surface area (Å²) < 4.78 is 14.8. The quantitative estimate of drug-likeness (QED) is 0.767. The van der Waals surface area contributed by atoms with Crippen LogP contribution in [0.3, 0.4) is 0 Å². The molecule has 0 bridgehead atoms. The number of amides is 2. The summed E-state index contributed by atoms with van der Waals surface area (Å²) >= 11 is 6.05. The van der Waals surface area contributed by atoms with E-state index in [1.807, 2.05) is 0 Å². The molecule has 0 saturated heterocycles. The zero-order valence-corrected chi connectivity index (χ0v) is 14.6. The van der Waals surface area contributed by atoms with Crippen LogP contribution < -0.4 is 15.4 Å². The molecule has 25 heavy (non-hydrogen) atoms. The fourth-order valence-electron chi connectivity index (χ4n) is 2.38. The summed E-state index contributed by atoms with van der Waals surface area (Å²) in [6.45, 7) is 1.25. The van der Waals surface area contributed by atoms with Gasteiger partial charge >= 0.3 is 18.0 Å². The van der Waals surface area contributed by atoms with Crippen molar-refractivity contribution >= 4 is 29.6 Å². The summed E-state index contributed by atoms with van der Waals surface area (Å²) in [6.07, 6.45) is 0. The van der Waals surface area contributed by atoms with Gasteiger partial charge in [0.1, 0.15) is 5.75 Å². The Morgan fingerprint density at radius 1 is 1.24 bits per heavy atom. The van der Waals surface area contributed by atoms with Gasteiger partial charge < -0.3 is 24.8 Å². The Hall–Kier alpha value is -2.74. The van der Waals surface area contributed by atoms with Crippen LogP contribution in [0.5, 0.6) is 5.75 Å². The maximum atomic E-state index is 12.2. The number of hydrogen-bond acceptors (Lipinski definition) is 6. The lowest BCUT2D eigenvalue weighted by Crippen LogP contribution is -2.45. The van der Waals surface area contributed by atoms with Crippen LogP contribution in [0.4, 0.5) is 4.79 Å². The van der Waals surface area contributed by atoms with Crippen molar-refractivity contribution < 1.29 is 28.6 Å². The number of esters is 2. The molecule has 0 radical (unpaired) electrons. The molecule has 2 N–H and O–H groups in total. The van der Waals surface area contributed by atoms with Gasteiger partial charge in [-0.2, -0.15) is 0 Å². The van der Waals surface area contributed by atoms with Crippen LogP contribution in [0.1, 0.15) is 18.5 Å². The third kappa shape index (κ3) is 4.21. The molecule has 1 aliphatic heterocycles. The Labute approximate surface area is 149 Å². The highest BCUT2D eigenvalue weighted by atomic mass is 35.5. The molecule has 1 atom stereocenters. The van der Waals surface area contributed by atoms with E-state index >= 15 is 0 Å². The van der Waals surface area contributed by atoms with Crippen molar-refractivity contribution in [2.24, 2.45) is 0 Å². The molecule has 9 heteroatoms. The smallest absolute Gasteiger partial charge is 0.343 e. The van der Waals surface area contributed by atoms with E-state index in [0.29, 0.717) is 16.3 Å². The van der Waals surface area contributed by atoms with Gasteiger partial charge in [-0.15, -0.1) is 0 Å². The first-order chi connectivity index (χ1) is 11.9. The largest absolute Gasteiger partial charge is 0.482 e. The van der Waals surface area contributed by atoms with Crippen LogP contribution >= 0.6 is 11.6 Å². The molecule has 1 heterocycles. The van der Waals surface area contributed by atoms with Crippen molar-refractivity contribution in [3.05, 3.63) is 40.1 Å². The molecule has 8 nitrogen and oxygen atoms in total. The average Bonchev–Trinajstić information content (AvgIpc) is 2.58. The van der Waals surface area contributed by atoms with Crippen molar-refractivity contribution in [1.82, 2.24) is 10.6 Å². The van der Waals surface area contributed by atoms with Gasteiger partial charge in [0.2, 0.25) is 0 Å². The molecule has 1 aromatic rings. The lowest BCUT2D eigenvalue weighted by atomic mass is 9.95. The third-order valence-electron chi connectivity index (χ3n) is 3.53. The molecule has 1 aliphatic rings. The highest BCUT2D eigenvalue weighted by molar-refractivity contribution is 6.30. The number of hydrogen-bond donors (Lipinski definition) is 2. The Bertz CT molecular complexity index is 746. The summed E-state index contributed by atoms with van der Waals surface area (Å²) in [4.78, 5) is 35.3. The number of methoxy groups -OCH3 is 2. The third-order valence-corrected chi connectivity index (χ3v) is 3.77. The number of carbonyl (C=O) groups excluding carboxylic acids is 3. The van der Waals surface area contributed by atoms with Crippen LogP contribution in [0.15, 0.2) is 29.5 Å². The van der Waals surface area contributed by atoms with Crippen LogP contribution in [0, 0.1) is 0 Å². The van der Waals surface area contributed by atoms with Crippen molar-refractivity contribution in [1.29, 1.82) is 0 Å². The number of carbonyl (C=O) groups is 3. The fraction of sp³-hybridized carbons (Fsp3) is 0.312. The van der Waals surface area contributed by atoms with Gasteiger partial charge in [-0.05, 0) is 25.1 Å². The SMILES string of the molecule is COC(=O)COc1ccc(Cl)cc1[C@@H]1NC(=O)NC(C)=C1C(=O)OC. The maximum absolute atomic E-state index is 12.2. The highest BCUT2D eigenvalue weighted by Crippen LogP contribution is 2.35. The van der Waals surface area contributed by atoms with Crippen molar-refractivity contribution in [3.63, 3.8) is 0 Å². The predicted molar refractivity (Wildman–Crippen MR) is 88.1 cm³/mol. The van der Waals surface area contributed by atoms with Crippen molar-refractivity contribution in [2.75, 3.05) is 20.8 Å². The monoisotopic (exact) mass is 368 g/mol. The summed E-state index contributed by atoms with van der Waals surface area (Å²) in [5.74, 6) is -0.916. The molecule has 0 fully saturated rings. The summed E-state index contributed by atoms with van der Waals surface area (Å²) in [5, 5.41) is 5.52. The molecule has 1 aromatic carbocycles. The van der Waals surface area contributed by atoms with Crippen LogP contribution in [0.2, 0.25) is 5.02 Å². The lowest BCUT2D eigenvalue weighted by molar-refractivity contribution is -0.143. The second-order valence-corrected chi connectivity index (χ2v) is 5.55. The van der Waals surface area contributed by atoms with Crippen molar-refractivity contribution in [2.45, 2.75) is 13.0 Å². The van der Waals surface area contributed by atoms with Gasteiger partial charge in [-0.25, -0.2) is 14.4 Å². The molecule has 0 saturated carbocycles. The van der Waals surface area contributed by atoms with E-state index in [4.69, 9.17) is 21.1 Å². The van der Waals surface area contributed by atoms with Crippen LogP contribution in [-0.4, -0.2) is 38.8 Å². The fourth-order valence-corrected chi connectivity index (χ4v) is 2.56. The predicted octanol–water partition coefficient (Wildman–Crippen LogP) is 1.69. The molecular weight excluding hydrogens is 352 g/mol. The number of allylic oxidation sites excluding steroid dienone is 1. The normalized spacial score (nSPS) is 16.6. The van der Waals surface area contributed by atoms with E-state index in [2.05, 4.69) is 15.4 Å². The van der Waals surface area contributed by atoms with E-state index in [1.54, 1.807) is 25.1 Å². The molecule has 0 spiro atoms. The molecule has 2 rings (SSSR count). The molecular formula is C16H17ClN2O6. The zero-order valence-electron chi connectivity index (χ0n) is 13.8. The number of benzene rings is 1. The molecule has 134 valence electrons. The maximum Gasteiger partial charge on any atom is 0.343 e. The Balaban J connectivity index is 2.48. The van der Waals surface area contributed by atoms with Crippen LogP contribution in [0.25, 0.3) is 0 Å². The van der Waals surface area contributed by atoms with Gasteiger partial charge in [0.25, 0.3) is 0 Å². The number of nitrogens with one attached hydrogen (secondary N) is 2. The van der Waals surface area contributed by atoms with Gasteiger partial charge in [-0.1, -0.05) is 11.6 Å². The van der Waals surface area contributed by atoms with Gasteiger partial charge in [0.15, 0.2) is 6.61 Å². The minimum Gasteiger partial charge on any atom is -0.482 e. The Morgan fingerprint density at radius 2 is 1.96 bits per heavy atom. The van der Waals surface area contributed by atoms with E-state index < -0.39 is 24.0 Å². The zero-order chi connectivity index (χ0) is 18.6. The highest BCUT2D eigenvalue weighted by Gasteiger charge is 2.33. The first-order valence-electron chi connectivity index (χ1n) is 7.23. The molecule has 2 amide bonds. The standard InChI is InChI=1S/C16H17ClN2O6/c1-8-13(15(21)24-3)14(19-16(22)18-8)10-6-9(17)4-5-11(10)25-7-12(20)23-2/h4-6,14H,7H2,1-3H3,(H2,18,19,22)/t14-/m0/s1. The number of ether oxygens (including phenoxy) is 3. The van der Waals surface area contributed by atoms with E-state index in [-0.39, 0.29) is 17.9 Å². The lowest BCUT2D eigenvalue weighted by Gasteiger charge is -2.29. The number of urea groups is 1. The Kier molecular flexibility index (Phi) is 5.87. The molecule has 0 unspecified atom stereocenters. The Morgan fingerprint density at radius 3 is 2.60 bits per heavy atom. The van der Waals surface area contributed by atoms with E-state index in [1.165, 1.54) is 14.2 Å². The molecule has 0 aliphatic carbocycles. The first kappa shape index (κ1) is 18.6. The second-order valence-electron chi connectivity index (χ2n) is 5.11. The first-order valence-corrected chi connectivity index (χ1v) is 7.60. The summed E-state index contributed by atoms with van der Waals surface area (Å²) in [7, 11) is 2.48. The minimum atomic E-state index is -0.854. The van der Waals surface area contributed by atoms with Gasteiger partial charge in [0, 0.05) is 16.3 Å². The second kappa shape index (κ2) is 7.89. The van der Waals surface area contributed by atoms with E-state index in [9.17, 15) is 14.4 Å². The minimum absolute atomic E-state index is 0.201. The summed E-state index contributed by atoms with van der Waals surface area (Å²) in [6, 6.07) is 3.30. The average molecular weight is 369 g/mol. The van der Waals surface area contributed by atoms with E-state index in [0.717, 1.165) is 0 Å². The summed E-state index contributed by atoms with van der Waals surface area (Å²) in [5.41, 5.74) is 0.956. The van der Waals surface area contributed by atoms with Gasteiger partial charge in [-0.3, -0.25) is 0 Å². The number of halogens is 1. The van der Waals surface area contributed by atoms with Crippen molar-refractivity contribution in [3.8, 4) is 5.75 Å².